The van der Waals surface area contributed by atoms with Crippen molar-refractivity contribution in [1.82, 2.24) is 15.5 Å². The molecule has 168 valence electrons. The van der Waals surface area contributed by atoms with Gasteiger partial charge in [-0.05, 0) is 42.2 Å². The van der Waals surface area contributed by atoms with Crippen molar-refractivity contribution in [3.05, 3.63) is 59.2 Å². The Labute approximate surface area is 185 Å². The van der Waals surface area contributed by atoms with E-state index in [0.29, 0.717) is 37.1 Å². The van der Waals surface area contributed by atoms with Crippen molar-refractivity contribution in [1.29, 1.82) is 0 Å². The van der Waals surface area contributed by atoms with E-state index in [2.05, 4.69) is 44.8 Å². The molecule has 0 bridgehead atoms. The quantitative estimate of drug-likeness (QED) is 0.421. The van der Waals surface area contributed by atoms with Crippen molar-refractivity contribution in [3.63, 3.8) is 0 Å². The maximum absolute atomic E-state index is 10.6. The van der Waals surface area contributed by atoms with Crippen LogP contribution in [-0.4, -0.2) is 62.5 Å². The number of rotatable bonds is 9. The standard InChI is InChI=1S/C24H34N4O3/c1-4-25-24(26-14-18-9-10-22(30-2)23(13-18)31-3)27-15-21(29)17-28-12-11-19-7-5-6-8-20(19)16-28/h5-10,13,21,29H,4,11-12,14-17H2,1-3H3,(H2,25,26,27). The van der Waals surface area contributed by atoms with Crippen LogP contribution < -0.4 is 20.1 Å². The Hall–Kier alpha value is -2.77. The summed E-state index contributed by atoms with van der Waals surface area (Å²) in [6.07, 6.45) is 0.557. The van der Waals surface area contributed by atoms with E-state index >= 15 is 0 Å². The van der Waals surface area contributed by atoms with Gasteiger partial charge in [-0.1, -0.05) is 30.3 Å². The van der Waals surface area contributed by atoms with Crippen LogP contribution in [0.2, 0.25) is 0 Å². The van der Waals surface area contributed by atoms with Gasteiger partial charge in [-0.2, -0.15) is 0 Å². The maximum atomic E-state index is 10.6. The predicted octanol–water partition coefficient (Wildman–Crippen LogP) is 2.18. The Morgan fingerprint density at radius 3 is 2.61 bits per heavy atom. The highest BCUT2D eigenvalue weighted by Crippen LogP contribution is 2.27. The topological polar surface area (TPSA) is 78.4 Å². The number of aliphatic hydroxyl groups excluding tert-OH is 1. The lowest BCUT2D eigenvalue weighted by molar-refractivity contribution is 0.108. The van der Waals surface area contributed by atoms with Crippen LogP contribution >= 0.6 is 0 Å². The SMILES string of the molecule is CCNC(=NCc1ccc(OC)c(OC)c1)NCC(O)CN1CCc2ccccc2C1. The molecule has 0 fully saturated rings. The lowest BCUT2D eigenvalue weighted by Gasteiger charge is -2.30. The van der Waals surface area contributed by atoms with Gasteiger partial charge < -0.3 is 25.2 Å². The Morgan fingerprint density at radius 1 is 1.10 bits per heavy atom. The van der Waals surface area contributed by atoms with Gasteiger partial charge in [-0.3, -0.25) is 4.90 Å². The van der Waals surface area contributed by atoms with Gasteiger partial charge in [0.15, 0.2) is 17.5 Å². The van der Waals surface area contributed by atoms with Crippen LogP contribution in [0.4, 0.5) is 0 Å². The number of methoxy groups -OCH3 is 2. The molecule has 1 aliphatic heterocycles. The molecular formula is C24H34N4O3. The van der Waals surface area contributed by atoms with Gasteiger partial charge in [0.25, 0.3) is 0 Å². The highest BCUT2D eigenvalue weighted by Gasteiger charge is 2.18. The van der Waals surface area contributed by atoms with Gasteiger partial charge in [0.05, 0.1) is 26.9 Å². The number of aliphatic imine (C=N–C) groups is 1. The van der Waals surface area contributed by atoms with Crippen LogP contribution in [-0.2, 0) is 19.5 Å². The van der Waals surface area contributed by atoms with Crippen LogP contribution in [0.5, 0.6) is 11.5 Å². The van der Waals surface area contributed by atoms with E-state index in [1.807, 2.05) is 25.1 Å². The number of benzene rings is 2. The van der Waals surface area contributed by atoms with Crippen molar-refractivity contribution < 1.29 is 14.6 Å². The van der Waals surface area contributed by atoms with Gasteiger partial charge >= 0.3 is 0 Å². The molecule has 0 saturated carbocycles. The number of aliphatic hydroxyl groups is 1. The summed E-state index contributed by atoms with van der Waals surface area (Å²) >= 11 is 0. The third-order valence-corrected chi connectivity index (χ3v) is 5.40. The molecule has 31 heavy (non-hydrogen) atoms. The first-order valence-corrected chi connectivity index (χ1v) is 10.8. The van der Waals surface area contributed by atoms with Gasteiger partial charge in [0, 0.05) is 32.7 Å². The molecule has 0 saturated heterocycles. The Morgan fingerprint density at radius 2 is 1.87 bits per heavy atom. The lowest BCUT2D eigenvalue weighted by Crippen LogP contribution is -2.45. The molecule has 3 rings (SSSR count). The minimum atomic E-state index is -0.477. The number of β-amino-alcohol motifs (C(OH)–C–C–N with tert-alkyl or cyclic N) is 1. The van der Waals surface area contributed by atoms with E-state index in [4.69, 9.17) is 9.47 Å². The number of hydrogen-bond acceptors (Lipinski definition) is 5. The molecule has 1 atom stereocenters. The fourth-order valence-corrected chi connectivity index (χ4v) is 3.78. The van der Waals surface area contributed by atoms with Crippen molar-refractivity contribution in [3.8, 4) is 11.5 Å². The van der Waals surface area contributed by atoms with Crippen molar-refractivity contribution in [2.45, 2.75) is 32.5 Å². The Kier molecular flexibility index (Phi) is 8.55. The van der Waals surface area contributed by atoms with Crippen molar-refractivity contribution in [2.24, 2.45) is 4.99 Å². The zero-order valence-corrected chi connectivity index (χ0v) is 18.7. The first kappa shape index (κ1) is 22.9. The molecule has 1 aliphatic rings. The normalized spacial score (nSPS) is 15.2. The van der Waals surface area contributed by atoms with Crippen LogP contribution in [0.25, 0.3) is 0 Å². The molecule has 0 aliphatic carbocycles. The summed E-state index contributed by atoms with van der Waals surface area (Å²) in [4.78, 5) is 6.94. The zero-order chi connectivity index (χ0) is 22.1. The number of fused-ring (bicyclic) bond motifs is 1. The first-order valence-electron chi connectivity index (χ1n) is 10.8. The Bertz CT molecular complexity index is 872. The maximum Gasteiger partial charge on any atom is 0.191 e. The van der Waals surface area contributed by atoms with Gasteiger partial charge in [0.2, 0.25) is 0 Å². The summed E-state index contributed by atoms with van der Waals surface area (Å²) in [5.41, 5.74) is 3.80. The summed E-state index contributed by atoms with van der Waals surface area (Å²) < 4.78 is 10.6. The second-order valence-corrected chi connectivity index (χ2v) is 7.67. The molecule has 1 heterocycles. The molecule has 0 spiro atoms. The smallest absolute Gasteiger partial charge is 0.191 e. The van der Waals surface area contributed by atoms with Gasteiger partial charge in [-0.25, -0.2) is 4.99 Å². The van der Waals surface area contributed by atoms with Crippen LogP contribution in [0.3, 0.4) is 0 Å². The van der Waals surface area contributed by atoms with Gasteiger partial charge in [-0.15, -0.1) is 0 Å². The second kappa shape index (κ2) is 11.6. The first-order chi connectivity index (χ1) is 15.1. The number of hydrogen-bond donors (Lipinski definition) is 3. The molecule has 2 aromatic carbocycles. The molecular weight excluding hydrogens is 392 g/mol. The van der Waals surface area contributed by atoms with E-state index in [0.717, 1.165) is 31.6 Å². The molecule has 1 unspecified atom stereocenters. The molecule has 0 amide bonds. The van der Waals surface area contributed by atoms with E-state index < -0.39 is 6.10 Å². The second-order valence-electron chi connectivity index (χ2n) is 7.67. The summed E-state index contributed by atoms with van der Waals surface area (Å²) in [6.45, 7) is 6.20. The molecule has 2 aromatic rings. The number of nitrogens with zero attached hydrogens (tertiary/aromatic N) is 2. The van der Waals surface area contributed by atoms with Crippen molar-refractivity contribution >= 4 is 5.96 Å². The van der Waals surface area contributed by atoms with Gasteiger partial charge in [0.1, 0.15) is 0 Å². The average Bonchev–Trinajstić information content (AvgIpc) is 2.80. The number of ether oxygens (including phenoxy) is 2. The largest absolute Gasteiger partial charge is 0.493 e. The summed E-state index contributed by atoms with van der Waals surface area (Å²) in [5.74, 6) is 2.07. The Balaban J connectivity index is 1.51. The molecule has 7 nitrogen and oxygen atoms in total. The fraction of sp³-hybridized carbons (Fsp3) is 0.458. The van der Waals surface area contributed by atoms with E-state index in [9.17, 15) is 5.11 Å². The van der Waals surface area contributed by atoms with E-state index in [-0.39, 0.29) is 0 Å². The number of guanidine groups is 1. The average molecular weight is 427 g/mol. The third kappa shape index (κ3) is 6.60. The summed E-state index contributed by atoms with van der Waals surface area (Å²) in [7, 11) is 3.25. The molecule has 0 radical (unpaired) electrons. The predicted molar refractivity (Wildman–Crippen MR) is 124 cm³/mol. The van der Waals surface area contributed by atoms with Crippen LogP contribution in [0.15, 0.2) is 47.5 Å². The van der Waals surface area contributed by atoms with E-state index in [1.165, 1.54) is 11.1 Å². The minimum absolute atomic E-state index is 0.440. The van der Waals surface area contributed by atoms with Crippen molar-refractivity contribution in [2.75, 3.05) is 40.4 Å². The highest BCUT2D eigenvalue weighted by atomic mass is 16.5. The monoisotopic (exact) mass is 426 g/mol. The number of nitrogens with one attached hydrogen (secondary N) is 2. The minimum Gasteiger partial charge on any atom is -0.493 e. The molecule has 0 aromatic heterocycles. The fourth-order valence-electron chi connectivity index (χ4n) is 3.78. The van der Waals surface area contributed by atoms with Crippen LogP contribution in [0.1, 0.15) is 23.6 Å². The summed E-state index contributed by atoms with van der Waals surface area (Å²) in [5, 5.41) is 17.1. The van der Waals surface area contributed by atoms with Crippen LogP contribution in [0, 0.1) is 0 Å². The molecule has 3 N–H and O–H groups in total. The highest BCUT2D eigenvalue weighted by molar-refractivity contribution is 5.79. The van der Waals surface area contributed by atoms with E-state index in [1.54, 1.807) is 14.2 Å². The zero-order valence-electron chi connectivity index (χ0n) is 18.7. The lowest BCUT2D eigenvalue weighted by atomic mass is 10.00. The third-order valence-electron chi connectivity index (χ3n) is 5.40. The molecule has 7 heteroatoms. The summed E-state index contributed by atoms with van der Waals surface area (Å²) in [6, 6.07) is 14.3.